The molecule has 0 aliphatic heterocycles. The molecular formula is C16H24. The molecule has 2 unspecified atom stereocenters. The minimum Gasteiger partial charge on any atom is -0.0596 e. The molecule has 2 bridgehead atoms. The van der Waals surface area contributed by atoms with E-state index in [4.69, 9.17) is 0 Å². The van der Waals surface area contributed by atoms with Crippen molar-refractivity contribution in [3.8, 4) is 0 Å². The molecule has 0 heteroatoms. The minimum atomic E-state index is 0.341. The summed E-state index contributed by atoms with van der Waals surface area (Å²) in [5, 5.41) is 0. The first kappa shape index (κ1) is 11.7. The first-order chi connectivity index (χ1) is 7.21. The summed E-state index contributed by atoms with van der Waals surface area (Å²) >= 11 is 0. The van der Waals surface area contributed by atoms with E-state index in [1.54, 1.807) is 0 Å². The Balaban J connectivity index is 2.53. The first-order valence-electron chi connectivity index (χ1n) is 6.31. The monoisotopic (exact) mass is 216 g/mol. The van der Waals surface area contributed by atoms with Crippen LogP contribution in [-0.2, 0) is 0 Å². The van der Waals surface area contributed by atoms with Crippen molar-refractivity contribution in [2.24, 2.45) is 10.8 Å². The van der Waals surface area contributed by atoms with Crippen LogP contribution < -0.4 is 0 Å². The smallest absolute Gasteiger partial charge is 0.00394 e. The molecule has 0 N–H and O–H groups in total. The molecule has 0 radical (unpaired) electrons. The molecule has 0 saturated heterocycles. The topological polar surface area (TPSA) is 0 Å². The lowest BCUT2D eigenvalue weighted by Gasteiger charge is -2.47. The van der Waals surface area contributed by atoms with Gasteiger partial charge in [0.25, 0.3) is 0 Å². The zero-order chi connectivity index (χ0) is 12.1. The Bertz CT molecular complexity index is 331. The van der Waals surface area contributed by atoms with Crippen LogP contribution in [0.1, 0.15) is 64.5 Å². The van der Waals surface area contributed by atoms with E-state index in [0.717, 1.165) is 0 Å². The third kappa shape index (κ3) is 1.79. The van der Waals surface area contributed by atoms with Gasteiger partial charge in [-0.2, -0.15) is 0 Å². The summed E-state index contributed by atoms with van der Waals surface area (Å²) in [6.07, 6.45) is 0. The van der Waals surface area contributed by atoms with E-state index in [1.807, 2.05) is 0 Å². The Labute approximate surface area is 100 Å². The van der Waals surface area contributed by atoms with Crippen molar-refractivity contribution in [2.75, 3.05) is 0 Å². The molecule has 88 valence electrons. The fourth-order valence-corrected chi connectivity index (χ4v) is 3.30. The highest BCUT2D eigenvalue weighted by Gasteiger charge is 2.42. The van der Waals surface area contributed by atoms with Crippen LogP contribution in [0, 0.1) is 10.8 Å². The molecule has 0 heterocycles. The van der Waals surface area contributed by atoms with Gasteiger partial charge in [0.1, 0.15) is 0 Å². The van der Waals surface area contributed by atoms with Crippen LogP contribution in [0.3, 0.4) is 0 Å². The molecule has 0 aromatic heterocycles. The van der Waals surface area contributed by atoms with Crippen molar-refractivity contribution in [1.29, 1.82) is 0 Å². The summed E-state index contributed by atoms with van der Waals surface area (Å²) in [7, 11) is 0. The summed E-state index contributed by atoms with van der Waals surface area (Å²) < 4.78 is 0. The molecule has 1 aromatic carbocycles. The molecule has 2 aliphatic rings. The number of rotatable bonds is 0. The maximum atomic E-state index is 2.37. The SMILES string of the molecule is CC(C)(C)C1c2ccc(cc2)C1C(C)(C)C. The quantitative estimate of drug-likeness (QED) is 0.575. The normalized spacial score (nSPS) is 24.9. The largest absolute Gasteiger partial charge is 0.0596 e. The van der Waals surface area contributed by atoms with Gasteiger partial charge in [0, 0.05) is 0 Å². The zero-order valence-electron chi connectivity index (χ0n) is 11.5. The van der Waals surface area contributed by atoms with Gasteiger partial charge in [-0.15, -0.1) is 0 Å². The molecule has 0 spiro atoms. The summed E-state index contributed by atoms with van der Waals surface area (Å²) in [6.45, 7) is 14.2. The van der Waals surface area contributed by atoms with Gasteiger partial charge in [0.15, 0.2) is 0 Å². The van der Waals surface area contributed by atoms with Gasteiger partial charge < -0.3 is 0 Å². The highest BCUT2D eigenvalue weighted by Crippen LogP contribution is 2.55. The predicted molar refractivity (Wildman–Crippen MR) is 70.8 cm³/mol. The van der Waals surface area contributed by atoms with Gasteiger partial charge in [-0.1, -0.05) is 65.8 Å². The fraction of sp³-hybridized carbons (Fsp3) is 0.625. The lowest BCUT2D eigenvalue weighted by atomic mass is 9.57. The number of benzene rings is 1. The van der Waals surface area contributed by atoms with E-state index in [9.17, 15) is 0 Å². The highest BCUT2D eigenvalue weighted by atomic mass is 14.5. The summed E-state index contributed by atoms with van der Waals surface area (Å²) in [6, 6.07) is 9.25. The molecule has 16 heavy (non-hydrogen) atoms. The average molecular weight is 216 g/mol. The van der Waals surface area contributed by atoms with Crippen LogP contribution in [0.2, 0.25) is 0 Å². The minimum absolute atomic E-state index is 0.341. The van der Waals surface area contributed by atoms with E-state index in [-0.39, 0.29) is 0 Å². The lowest BCUT2D eigenvalue weighted by Crippen LogP contribution is -2.35. The lowest BCUT2D eigenvalue weighted by molar-refractivity contribution is 0.181. The van der Waals surface area contributed by atoms with E-state index < -0.39 is 0 Å². The Hall–Kier alpha value is -0.780. The van der Waals surface area contributed by atoms with Crippen molar-refractivity contribution >= 4 is 0 Å². The second kappa shape index (κ2) is 3.35. The van der Waals surface area contributed by atoms with Crippen LogP contribution in [-0.4, -0.2) is 0 Å². The molecule has 2 aliphatic carbocycles. The Morgan fingerprint density at radius 3 is 1.06 bits per heavy atom. The third-order valence-corrected chi connectivity index (χ3v) is 3.85. The van der Waals surface area contributed by atoms with Crippen LogP contribution >= 0.6 is 0 Å². The maximum absolute atomic E-state index is 2.37. The molecule has 3 rings (SSSR count). The Morgan fingerprint density at radius 2 is 0.875 bits per heavy atom. The fourth-order valence-electron chi connectivity index (χ4n) is 3.30. The zero-order valence-corrected chi connectivity index (χ0v) is 11.5. The van der Waals surface area contributed by atoms with Gasteiger partial charge in [0.2, 0.25) is 0 Å². The molecule has 0 amide bonds. The van der Waals surface area contributed by atoms with Crippen molar-refractivity contribution in [3.63, 3.8) is 0 Å². The summed E-state index contributed by atoms with van der Waals surface area (Å²) in [5.74, 6) is 1.33. The van der Waals surface area contributed by atoms with Crippen molar-refractivity contribution in [1.82, 2.24) is 0 Å². The predicted octanol–water partition coefficient (Wildman–Crippen LogP) is 4.96. The summed E-state index contributed by atoms with van der Waals surface area (Å²) in [4.78, 5) is 0. The average Bonchev–Trinajstić information content (AvgIpc) is 2.15. The van der Waals surface area contributed by atoms with Gasteiger partial charge >= 0.3 is 0 Å². The Kier molecular flexibility index (Phi) is 2.45. The standard InChI is InChI=1S/C16H24/c1-15(2,3)13-11-7-9-12(10-8-11)14(13)16(4,5)6/h7-10,13-14H,1-6H3. The molecule has 0 saturated carbocycles. The molecular weight excluding hydrogens is 192 g/mol. The van der Waals surface area contributed by atoms with E-state index in [0.29, 0.717) is 22.7 Å². The van der Waals surface area contributed by atoms with Gasteiger partial charge in [0.05, 0.1) is 0 Å². The second-order valence-corrected chi connectivity index (χ2v) is 7.35. The van der Waals surface area contributed by atoms with Gasteiger partial charge in [-0.25, -0.2) is 0 Å². The van der Waals surface area contributed by atoms with Gasteiger partial charge in [-0.05, 0) is 33.8 Å². The number of fused-ring (bicyclic) bond motifs is 3. The highest BCUT2D eigenvalue weighted by molar-refractivity contribution is 5.39. The molecule has 0 nitrogen and oxygen atoms in total. The van der Waals surface area contributed by atoms with Crippen LogP contribution in [0.5, 0.6) is 0 Å². The van der Waals surface area contributed by atoms with E-state index in [2.05, 4.69) is 65.8 Å². The van der Waals surface area contributed by atoms with E-state index in [1.165, 1.54) is 11.1 Å². The molecule has 1 aromatic rings. The van der Waals surface area contributed by atoms with Crippen LogP contribution in [0.4, 0.5) is 0 Å². The Morgan fingerprint density at radius 1 is 0.625 bits per heavy atom. The molecule has 0 fully saturated rings. The summed E-state index contributed by atoms with van der Waals surface area (Å²) in [5.41, 5.74) is 3.71. The third-order valence-electron chi connectivity index (χ3n) is 3.85. The van der Waals surface area contributed by atoms with Crippen LogP contribution in [0.15, 0.2) is 24.3 Å². The first-order valence-corrected chi connectivity index (χ1v) is 6.31. The molecule has 2 atom stereocenters. The van der Waals surface area contributed by atoms with Crippen molar-refractivity contribution in [3.05, 3.63) is 35.4 Å². The van der Waals surface area contributed by atoms with Crippen molar-refractivity contribution < 1.29 is 0 Å². The number of hydrogen-bond acceptors (Lipinski definition) is 0. The second-order valence-electron chi connectivity index (χ2n) is 7.35. The van der Waals surface area contributed by atoms with Crippen molar-refractivity contribution in [2.45, 2.75) is 53.4 Å². The van der Waals surface area contributed by atoms with Gasteiger partial charge in [-0.3, -0.25) is 0 Å². The maximum Gasteiger partial charge on any atom is -0.00394 e. The number of hydrogen-bond donors (Lipinski definition) is 0. The van der Waals surface area contributed by atoms with E-state index >= 15 is 0 Å². The van der Waals surface area contributed by atoms with Crippen LogP contribution in [0.25, 0.3) is 0 Å².